The Labute approximate surface area is 149 Å². The minimum absolute atomic E-state index is 0.279. The summed E-state index contributed by atoms with van der Waals surface area (Å²) < 4.78 is 7.60. The van der Waals surface area contributed by atoms with E-state index < -0.39 is 6.10 Å². The predicted molar refractivity (Wildman–Crippen MR) is 97.6 cm³/mol. The first-order valence-corrected chi connectivity index (χ1v) is 9.30. The van der Waals surface area contributed by atoms with Crippen molar-refractivity contribution in [3.63, 3.8) is 0 Å². The summed E-state index contributed by atoms with van der Waals surface area (Å²) in [6.07, 6.45) is 10.00. The van der Waals surface area contributed by atoms with E-state index in [1.54, 1.807) is 6.20 Å². The zero-order valence-electron chi connectivity index (χ0n) is 14.8. The minimum atomic E-state index is -0.753. The van der Waals surface area contributed by atoms with Gasteiger partial charge < -0.3 is 20.1 Å². The largest absolute Gasteiger partial charge is 0.384 e. The number of ether oxygens (including phenoxy) is 1. The van der Waals surface area contributed by atoms with Crippen molar-refractivity contribution in [2.24, 2.45) is 11.7 Å². The molecule has 1 aromatic heterocycles. The molecule has 1 fully saturated rings. The molecule has 1 aromatic carbocycles. The first kappa shape index (κ1) is 18.1. The molecule has 2 atom stereocenters. The maximum Gasteiger partial charge on any atom is 0.141 e. The maximum atomic E-state index is 10.6. The molecule has 0 amide bonds. The molecule has 25 heavy (non-hydrogen) atoms. The zero-order valence-corrected chi connectivity index (χ0v) is 14.8. The lowest BCUT2D eigenvalue weighted by molar-refractivity contribution is 0.0501. The van der Waals surface area contributed by atoms with Crippen molar-refractivity contribution in [3.8, 4) is 0 Å². The summed E-state index contributed by atoms with van der Waals surface area (Å²) in [6, 6.07) is 9.76. The number of hydrogen-bond acceptors (Lipinski definition) is 4. The van der Waals surface area contributed by atoms with E-state index in [-0.39, 0.29) is 6.04 Å². The Hall–Kier alpha value is -1.69. The minimum Gasteiger partial charge on any atom is -0.384 e. The van der Waals surface area contributed by atoms with Gasteiger partial charge in [0.15, 0.2) is 0 Å². The van der Waals surface area contributed by atoms with Crippen LogP contribution in [0.25, 0.3) is 0 Å². The van der Waals surface area contributed by atoms with E-state index >= 15 is 0 Å². The van der Waals surface area contributed by atoms with Crippen molar-refractivity contribution >= 4 is 0 Å². The number of rotatable bonds is 8. The number of aromatic nitrogens is 2. The average Bonchev–Trinajstić information content (AvgIpc) is 3.11. The Morgan fingerprint density at radius 1 is 1.20 bits per heavy atom. The Morgan fingerprint density at radius 3 is 2.72 bits per heavy atom. The van der Waals surface area contributed by atoms with Crippen molar-refractivity contribution in [3.05, 3.63) is 54.1 Å². The molecule has 1 saturated carbocycles. The highest BCUT2D eigenvalue weighted by atomic mass is 16.5. The number of aliphatic hydroxyl groups excluding tert-OH is 1. The molecule has 0 unspecified atom stereocenters. The summed E-state index contributed by atoms with van der Waals surface area (Å²) >= 11 is 0. The fourth-order valence-electron chi connectivity index (χ4n) is 3.66. The van der Waals surface area contributed by atoms with E-state index in [1.165, 1.54) is 32.1 Å². The van der Waals surface area contributed by atoms with E-state index in [1.807, 2.05) is 41.1 Å². The van der Waals surface area contributed by atoms with Crippen LogP contribution in [0.15, 0.2) is 42.7 Å². The van der Waals surface area contributed by atoms with Gasteiger partial charge in [0.1, 0.15) is 18.7 Å². The third-order valence-corrected chi connectivity index (χ3v) is 5.09. The van der Waals surface area contributed by atoms with Gasteiger partial charge in [-0.05, 0) is 17.9 Å². The van der Waals surface area contributed by atoms with Crippen molar-refractivity contribution in [2.45, 2.75) is 64.0 Å². The molecular formula is C20H29N3O2. The smallest absolute Gasteiger partial charge is 0.141 e. The van der Waals surface area contributed by atoms with Crippen LogP contribution in [0.4, 0.5) is 0 Å². The second kappa shape index (κ2) is 9.13. The monoisotopic (exact) mass is 343 g/mol. The summed E-state index contributed by atoms with van der Waals surface area (Å²) in [5.74, 6) is 1.23. The lowest BCUT2D eigenvalue weighted by Crippen LogP contribution is -2.33. The number of aliphatic hydroxyl groups is 1. The SMILES string of the molecule is N[C@H](CC1CCCCC1)[C@H](O)c1nccn1COCc1ccccc1. The van der Waals surface area contributed by atoms with Gasteiger partial charge in [0.2, 0.25) is 0 Å². The number of imidazole rings is 1. The van der Waals surface area contributed by atoms with Gasteiger partial charge in [-0.2, -0.15) is 0 Å². The van der Waals surface area contributed by atoms with Crippen LogP contribution < -0.4 is 5.73 Å². The predicted octanol–water partition coefficient (Wildman–Crippen LogP) is 3.39. The molecule has 0 saturated heterocycles. The normalized spacial score (nSPS) is 18.2. The number of nitrogens with two attached hydrogens (primary N) is 1. The fraction of sp³-hybridized carbons (Fsp3) is 0.550. The molecule has 0 aliphatic heterocycles. The number of hydrogen-bond donors (Lipinski definition) is 2. The zero-order chi connectivity index (χ0) is 17.5. The van der Waals surface area contributed by atoms with Gasteiger partial charge in [-0.15, -0.1) is 0 Å². The van der Waals surface area contributed by atoms with Crippen molar-refractivity contribution in [1.29, 1.82) is 0 Å². The van der Waals surface area contributed by atoms with Crippen LogP contribution in [0, 0.1) is 5.92 Å². The van der Waals surface area contributed by atoms with Gasteiger partial charge in [-0.3, -0.25) is 0 Å². The van der Waals surface area contributed by atoms with E-state index in [0.717, 1.165) is 12.0 Å². The van der Waals surface area contributed by atoms with E-state index in [9.17, 15) is 5.11 Å². The van der Waals surface area contributed by atoms with Crippen LogP contribution in [0.3, 0.4) is 0 Å². The van der Waals surface area contributed by atoms with Gasteiger partial charge in [0.05, 0.1) is 6.61 Å². The molecule has 3 N–H and O–H groups in total. The molecule has 1 aliphatic carbocycles. The first-order chi connectivity index (χ1) is 12.2. The molecule has 136 valence electrons. The van der Waals surface area contributed by atoms with Gasteiger partial charge in [-0.25, -0.2) is 4.98 Å². The van der Waals surface area contributed by atoms with Crippen LogP contribution in [0.5, 0.6) is 0 Å². The second-order valence-electron chi connectivity index (χ2n) is 7.07. The average molecular weight is 343 g/mol. The van der Waals surface area contributed by atoms with E-state index in [2.05, 4.69) is 4.98 Å². The standard InChI is InChI=1S/C20H29N3O2/c21-18(13-16-7-3-1-4-8-16)19(24)20-22-11-12-23(20)15-25-14-17-9-5-2-6-10-17/h2,5-6,9-12,16,18-19,24H,1,3-4,7-8,13-15,21H2/t18-,19+/m1/s1. The van der Waals surface area contributed by atoms with E-state index in [4.69, 9.17) is 10.5 Å². The molecule has 5 nitrogen and oxygen atoms in total. The summed E-state index contributed by atoms with van der Waals surface area (Å²) in [6.45, 7) is 0.889. The Morgan fingerprint density at radius 2 is 1.96 bits per heavy atom. The van der Waals surface area contributed by atoms with Crippen LogP contribution >= 0.6 is 0 Å². The molecule has 0 radical (unpaired) electrons. The molecular weight excluding hydrogens is 314 g/mol. The van der Waals surface area contributed by atoms with E-state index in [0.29, 0.717) is 25.1 Å². The first-order valence-electron chi connectivity index (χ1n) is 9.30. The van der Waals surface area contributed by atoms with Crippen LogP contribution in [0.1, 0.15) is 56.0 Å². The third-order valence-electron chi connectivity index (χ3n) is 5.09. The fourth-order valence-corrected chi connectivity index (χ4v) is 3.66. The molecule has 3 rings (SSSR count). The van der Waals surface area contributed by atoms with Crippen molar-refractivity contribution < 1.29 is 9.84 Å². The molecule has 2 aromatic rings. The summed E-state index contributed by atoms with van der Waals surface area (Å²) in [5, 5.41) is 10.6. The summed E-state index contributed by atoms with van der Waals surface area (Å²) in [7, 11) is 0. The van der Waals surface area contributed by atoms with Crippen LogP contribution in [0.2, 0.25) is 0 Å². The topological polar surface area (TPSA) is 73.3 Å². The molecule has 5 heteroatoms. The Balaban J connectivity index is 1.52. The van der Waals surface area contributed by atoms with Crippen LogP contribution in [-0.2, 0) is 18.1 Å². The molecule has 1 heterocycles. The maximum absolute atomic E-state index is 10.6. The Kier molecular flexibility index (Phi) is 6.62. The van der Waals surface area contributed by atoms with Gasteiger partial charge in [0, 0.05) is 18.4 Å². The highest BCUT2D eigenvalue weighted by Gasteiger charge is 2.25. The third kappa shape index (κ3) is 5.14. The lowest BCUT2D eigenvalue weighted by Gasteiger charge is -2.27. The van der Waals surface area contributed by atoms with Gasteiger partial charge in [0.25, 0.3) is 0 Å². The van der Waals surface area contributed by atoms with Gasteiger partial charge >= 0.3 is 0 Å². The summed E-state index contributed by atoms with van der Waals surface area (Å²) in [5.41, 5.74) is 7.41. The summed E-state index contributed by atoms with van der Waals surface area (Å²) in [4.78, 5) is 4.31. The number of nitrogens with zero attached hydrogens (tertiary/aromatic N) is 2. The second-order valence-corrected chi connectivity index (χ2v) is 7.07. The molecule has 0 bridgehead atoms. The highest BCUT2D eigenvalue weighted by Crippen LogP contribution is 2.29. The number of benzene rings is 1. The Bertz CT molecular complexity index is 623. The lowest BCUT2D eigenvalue weighted by atomic mass is 9.84. The highest BCUT2D eigenvalue weighted by molar-refractivity contribution is 5.13. The quantitative estimate of drug-likeness (QED) is 0.770. The van der Waals surface area contributed by atoms with Crippen molar-refractivity contribution in [2.75, 3.05) is 0 Å². The molecule has 0 spiro atoms. The molecule has 1 aliphatic rings. The van der Waals surface area contributed by atoms with Gasteiger partial charge in [-0.1, -0.05) is 62.4 Å². The van der Waals surface area contributed by atoms with Crippen molar-refractivity contribution in [1.82, 2.24) is 9.55 Å². The van der Waals surface area contributed by atoms with Crippen LogP contribution in [-0.4, -0.2) is 20.7 Å².